The second-order valence-electron chi connectivity index (χ2n) is 3.96. The van der Waals surface area contributed by atoms with Gasteiger partial charge in [0.1, 0.15) is 0 Å². The minimum absolute atomic E-state index is 0.0277. The fourth-order valence-corrected chi connectivity index (χ4v) is 2.79. The van der Waals surface area contributed by atoms with Crippen LogP contribution in [0.15, 0.2) is 6.20 Å². The minimum atomic E-state index is -0.0277. The fourth-order valence-electron chi connectivity index (χ4n) is 2.04. The Hall–Kier alpha value is -1.18. The molecule has 0 aromatic carbocycles. The van der Waals surface area contributed by atoms with E-state index in [-0.39, 0.29) is 11.9 Å². The summed E-state index contributed by atoms with van der Waals surface area (Å²) >= 11 is 1.52. The van der Waals surface area contributed by atoms with Crippen molar-refractivity contribution < 1.29 is 4.79 Å². The Kier molecular flexibility index (Phi) is 3.93. The van der Waals surface area contributed by atoms with Crippen LogP contribution in [0.5, 0.6) is 0 Å². The second kappa shape index (κ2) is 5.44. The van der Waals surface area contributed by atoms with E-state index < -0.39 is 0 Å². The third-order valence-electron chi connectivity index (χ3n) is 2.86. The number of thiazole rings is 1. The van der Waals surface area contributed by atoms with Crippen molar-refractivity contribution in [2.75, 3.05) is 18.5 Å². The molecule has 1 saturated heterocycles. The van der Waals surface area contributed by atoms with E-state index in [1.54, 1.807) is 6.20 Å². The first-order valence-electron chi connectivity index (χ1n) is 5.67. The van der Waals surface area contributed by atoms with Gasteiger partial charge in [0.2, 0.25) is 5.91 Å². The van der Waals surface area contributed by atoms with Gasteiger partial charge < -0.3 is 5.32 Å². The number of nitrogens with one attached hydrogen (secondary N) is 2. The van der Waals surface area contributed by atoms with Gasteiger partial charge in [0, 0.05) is 30.7 Å². The van der Waals surface area contributed by atoms with Gasteiger partial charge in [0.05, 0.1) is 6.04 Å². The van der Waals surface area contributed by atoms with Crippen LogP contribution in [0, 0.1) is 0 Å². The molecule has 0 spiro atoms. The van der Waals surface area contributed by atoms with Crippen LogP contribution in [0.3, 0.4) is 0 Å². The zero-order chi connectivity index (χ0) is 12.3. The molecule has 0 saturated carbocycles. The van der Waals surface area contributed by atoms with Crippen molar-refractivity contribution in [1.29, 1.82) is 0 Å². The predicted molar refractivity (Wildman–Crippen MR) is 67.4 cm³/mol. The first-order chi connectivity index (χ1) is 8.24. The molecule has 17 heavy (non-hydrogen) atoms. The highest BCUT2D eigenvalue weighted by atomic mass is 32.1. The predicted octanol–water partition coefficient (Wildman–Crippen LogP) is 0.139. The van der Waals surface area contributed by atoms with Gasteiger partial charge in [-0.05, 0) is 6.42 Å². The number of nitrogens with zero attached hydrogens (tertiary/aromatic N) is 2. The van der Waals surface area contributed by atoms with E-state index in [1.807, 2.05) is 6.92 Å². The highest BCUT2D eigenvalue weighted by molar-refractivity contribution is 7.15. The summed E-state index contributed by atoms with van der Waals surface area (Å²) in [7, 11) is 0. The minimum Gasteiger partial charge on any atom is -0.353 e. The normalized spacial score (nSPS) is 21.3. The molecule has 1 aromatic rings. The van der Waals surface area contributed by atoms with E-state index in [0.29, 0.717) is 5.13 Å². The highest BCUT2D eigenvalue weighted by Crippen LogP contribution is 2.21. The van der Waals surface area contributed by atoms with Crippen molar-refractivity contribution in [2.24, 2.45) is 5.84 Å². The van der Waals surface area contributed by atoms with Gasteiger partial charge in [-0.15, -0.1) is 0 Å². The first-order valence-corrected chi connectivity index (χ1v) is 6.49. The molecule has 1 aliphatic heterocycles. The highest BCUT2D eigenvalue weighted by Gasteiger charge is 2.28. The molecule has 0 radical (unpaired) electrons. The van der Waals surface area contributed by atoms with Gasteiger partial charge in [-0.1, -0.05) is 18.3 Å². The first kappa shape index (κ1) is 12.3. The second-order valence-corrected chi connectivity index (χ2v) is 5.08. The molecule has 7 heteroatoms. The summed E-state index contributed by atoms with van der Waals surface area (Å²) in [4.78, 5) is 19.1. The Morgan fingerprint density at radius 2 is 2.59 bits per heavy atom. The number of hydrogen-bond donors (Lipinski definition) is 3. The van der Waals surface area contributed by atoms with E-state index in [0.717, 1.165) is 30.9 Å². The van der Waals surface area contributed by atoms with Crippen LogP contribution in [-0.4, -0.2) is 34.9 Å². The molecule has 1 fully saturated rings. The number of anilines is 1. The van der Waals surface area contributed by atoms with Crippen molar-refractivity contribution in [1.82, 2.24) is 15.2 Å². The number of hydrogen-bond acceptors (Lipinski definition) is 6. The standard InChI is InChI=1S/C10H17N5OS/c1-2-8-9(16)12-3-4-15(8)6-7-5-13-10(14-11)17-7/h5,8H,2-4,6,11H2,1H3,(H,12,16)(H,13,14). The topological polar surface area (TPSA) is 83.3 Å². The van der Waals surface area contributed by atoms with E-state index in [9.17, 15) is 4.79 Å². The molecular weight excluding hydrogens is 238 g/mol. The smallest absolute Gasteiger partial charge is 0.237 e. The zero-order valence-corrected chi connectivity index (χ0v) is 10.6. The van der Waals surface area contributed by atoms with E-state index in [4.69, 9.17) is 5.84 Å². The quantitative estimate of drug-likeness (QED) is 0.526. The number of amides is 1. The average molecular weight is 255 g/mol. The lowest BCUT2D eigenvalue weighted by atomic mass is 10.1. The lowest BCUT2D eigenvalue weighted by Crippen LogP contribution is -2.54. The maximum Gasteiger partial charge on any atom is 0.237 e. The third kappa shape index (κ3) is 2.74. The number of piperazine rings is 1. The van der Waals surface area contributed by atoms with Crippen LogP contribution in [0.25, 0.3) is 0 Å². The van der Waals surface area contributed by atoms with Crippen molar-refractivity contribution >= 4 is 22.4 Å². The van der Waals surface area contributed by atoms with Crippen molar-refractivity contribution in [3.8, 4) is 0 Å². The molecule has 4 N–H and O–H groups in total. The monoisotopic (exact) mass is 255 g/mol. The maximum absolute atomic E-state index is 11.7. The molecule has 1 atom stereocenters. The van der Waals surface area contributed by atoms with Gasteiger partial charge in [0.15, 0.2) is 5.13 Å². The van der Waals surface area contributed by atoms with E-state index >= 15 is 0 Å². The number of carbonyl (C=O) groups excluding carboxylic acids is 1. The van der Waals surface area contributed by atoms with Gasteiger partial charge in [-0.2, -0.15) is 0 Å². The third-order valence-corrected chi connectivity index (χ3v) is 3.78. The summed E-state index contributed by atoms with van der Waals surface area (Å²) in [6, 6.07) is -0.0277. The van der Waals surface area contributed by atoms with Gasteiger partial charge in [-0.25, -0.2) is 10.8 Å². The SMILES string of the molecule is CCC1C(=O)NCCN1Cc1cnc(NN)s1. The molecule has 2 heterocycles. The molecule has 94 valence electrons. The average Bonchev–Trinajstić information content (AvgIpc) is 2.77. The summed E-state index contributed by atoms with van der Waals surface area (Å²) in [5, 5.41) is 3.59. The van der Waals surface area contributed by atoms with Crippen molar-refractivity contribution in [3.63, 3.8) is 0 Å². The van der Waals surface area contributed by atoms with Crippen LogP contribution in [0.2, 0.25) is 0 Å². The molecular formula is C10H17N5OS. The Morgan fingerprint density at radius 1 is 1.76 bits per heavy atom. The molecule has 0 aliphatic carbocycles. The van der Waals surface area contributed by atoms with Gasteiger partial charge >= 0.3 is 0 Å². The van der Waals surface area contributed by atoms with Crippen molar-refractivity contribution in [2.45, 2.75) is 25.9 Å². The Bertz CT molecular complexity index is 394. The summed E-state index contributed by atoms with van der Waals surface area (Å²) in [6.07, 6.45) is 2.63. The molecule has 2 rings (SSSR count). The van der Waals surface area contributed by atoms with E-state index in [2.05, 4.69) is 20.6 Å². The molecule has 1 aliphatic rings. The molecule has 0 bridgehead atoms. The lowest BCUT2D eigenvalue weighted by Gasteiger charge is -2.33. The van der Waals surface area contributed by atoms with Crippen LogP contribution in [-0.2, 0) is 11.3 Å². The lowest BCUT2D eigenvalue weighted by molar-refractivity contribution is -0.129. The largest absolute Gasteiger partial charge is 0.353 e. The number of nitrogen functional groups attached to an aromatic ring is 1. The zero-order valence-electron chi connectivity index (χ0n) is 9.77. The van der Waals surface area contributed by atoms with Crippen LogP contribution < -0.4 is 16.6 Å². The van der Waals surface area contributed by atoms with Crippen LogP contribution in [0.1, 0.15) is 18.2 Å². The van der Waals surface area contributed by atoms with Crippen LogP contribution in [0.4, 0.5) is 5.13 Å². The van der Waals surface area contributed by atoms with Crippen molar-refractivity contribution in [3.05, 3.63) is 11.1 Å². The number of carbonyl (C=O) groups is 1. The fraction of sp³-hybridized carbons (Fsp3) is 0.600. The molecule has 1 amide bonds. The Labute approximate surface area is 104 Å². The Balaban J connectivity index is 2.03. The summed E-state index contributed by atoms with van der Waals surface area (Å²) in [5.41, 5.74) is 2.53. The number of nitrogens with two attached hydrogens (primary N) is 1. The summed E-state index contributed by atoms with van der Waals surface area (Å²) < 4.78 is 0. The summed E-state index contributed by atoms with van der Waals surface area (Å²) in [6.45, 7) is 4.39. The van der Waals surface area contributed by atoms with E-state index in [1.165, 1.54) is 11.3 Å². The number of aromatic nitrogens is 1. The van der Waals surface area contributed by atoms with Crippen LogP contribution >= 0.6 is 11.3 Å². The van der Waals surface area contributed by atoms with Gasteiger partial charge in [-0.3, -0.25) is 15.1 Å². The molecule has 1 unspecified atom stereocenters. The van der Waals surface area contributed by atoms with Gasteiger partial charge in [0.25, 0.3) is 0 Å². The number of rotatable bonds is 4. The summed E-state index contributed by atoms with van der Waals surface area (Å²) in [5.74, 6) is 5.42. The Morgan fingerprint density at radius 3 is 3.24 bits per heavy atom. The maximum atomic E-state index is 11.7. The molecule has 6 nitrogen and oxygen atoms in total. The number of hydrazine groups is 1. The molecule has 1 aromatic heterocycles.